The lowest BCUT2D eigenvalue weighted by atomic mass is 10.1. The van der Waals surface area contributed by atoms with Gasteiger partial charge in [0, 0.05) is 12.7 Å². The molecule has 1 N–H and O–H groups in total. The number of hydrogen-bond donors (Lipinski definition) is 1. The lowest BCUT2D eigenvalue weighted by Crippen LogP contribution is -2.20. The second kappa shape index (κ2) is 9.25. The smallest absolute Gasteiger partial charge is 0.341 e. The highest BCUT2D eigenvalue weighted by atomic mass is 35.5. The number of imidazole rings is 1. The summed E-state index contributed by atoms with van der Waals surface area (Å²) in [6, 6.07) is 6.33. The van der Waals surface area contributed by atoms with Gasteiger partial charge in [-0.05, 0) is 31.4 Å². The average molecular weight is 467 g/mol. The first-order valence-corrected chi connectivity index (χ1v) is 10.3. The van der Waals surface area contributed by atoms with Crippen molar-refractivity contribution in [3.63, 3.8) is 0 Å². The first kappa shape index (κ1) is 22.2. The van der Waals surface area contributed by atoms with Crippen LogP contribution in [0.25, 0.3) is 11.2 Å². The van der Waals surface area contributed by atoms with E-state index in [-0.39, 0.29) is 27.6 Å². The number of rotatable bonds is 6. The lowest BCUT2D eigenvalue weighted by Gasteiger charge is -2.25. The molecule has 1 aliphatic rings. The Morgan fingerprint density at radius 1 is 1.28 bits per heavy atom. The number of alkyl halides is 2. The molecule has 0 bridgehead atoms. The van der Waals surface area contributed by atoms with Crippen molar-refractivity contribution in [1.29, 1.82) is 0 Å². The molecule has 1 aliphatic heterocycles. The molecule has 11 heteroatoms. The summed E-state index contributed by atoms with van der Waals surface area (Å²) in [5.74, 6) is -0.799. The van der Waals surface area contributed by atoms with E-state index in [1.807, 2.05) is 0 Å². The summed E-state index contributed by atoms with van der Waals surface area (Å²) < 4.78 is 45.0. The van der Waals surface area contributed by atoms with E-state index in [1.165, 1.54) is 24.9 Å². The van der Waals surface area contributed by atoms with Gasteiger partial charge in [0.1, 0.15) is 22.5 Å². The van der Waals surface area contributed by atoms with Gasteiger partial charge in [0.15, 0.2) is 17.2 Å². The summed E-state index contributed by atoms with van der Waals surface area (Å²) in [6.45, 7) is 0.468. The number of aromatic nitrogens is 3. The van der Waals surface area contributed by atoms with Crippen molar-refractivity contribution in [2.45, 2.75) is 31.9 Å². The molecule has 8 nitrogen and oxygen atoms in total. The molecule has 1 unspecified atom stereocenters. The number of pyridine rings is 1. The Morgan fingerprint density at radius 2 is 2.09 bits per heavy atom. The fraction of sp³-hybridized carbons (Fsp3) is 0.381. The highest BCUT2D eigenvalue weighted by molar-refractivity contribution is 6.30. The van der Waals surface area contributed by atoms with E-state index < -0.39 is 24.4 Å². The van der Waals surface area contributed by atoms with Gasteiger partial charge in [-0.15, -0.1) is 0 Å². The van der Waals surface area contributed by atoms with Crippen LogP contribution in [0.3, 0.4) is 0 Å². The van der Waals surface area contributed by atoms with E-state index in [9.17, 15) is 13.6 Å². The summed E-state index contributed by atoms with van der Waals surface area (Å²) in [4.78, 5) is 20.5. The van der Waals surface area contributed by atoms with Crippen LogP contribution in [0.2, 0.25) is 5.15 Å². The summed E-state index contributed by atoms with van der Waals surface area (Å²) in [7, 11) is 2.67. The molecule has 32 heavy (non-hydrogen) atoms. The summed E-state index contributed by atoms with van der Waals surface area (Å²) in [5, 5.41) is 3.17. The van der Waals surface area contributed by atoms with Crippen LogP contribution in [0.5, 0.6) is 5.75 Å². The third-order valence-electron chi connectivity index (χ3n) is 5.18. The molecule has 2 aromatic heterocycles. The zero-order valence-electron chi connectivity index (χ0n) is 17.4. The number of halogens is 3. The number of ether oxygens (including phenoxy) is 3. The molecular weight excluding hydrogens is 446 g/mol. The zero-order chi connectivity index (χ0) is 22.8. The molecule has 0 amide bonds. The fourth-order valence-electron chi connectivity index (χ4n) is 3.78. The molecule has 0 aliphatic carbocycles. The van der Waals surface area contributed by atoms with Crippen LogP contribution in [0.1, 0.15) is 48.1 Å². The quantitative estimate of drug-likeness (QED) is 0.391. The Labute approximate surface area is 187 Å². The number of nitrogens with zero attached hydrogens (tertiary/aromatic N) is 3. The molecular formula is C21H21ClF2N4O4. The van der Waals surface area contributed by atoms with E-state index in [0.29, 0.717) is 24.4 Å². The van der Waals surface area contributed by atoms with Crippen LogP contribution < -0.4 is 10.1 Å². The number of esters is 1. The van der Waals surface area contributed by atoms with Crippen LogP contribution >= 0.6 is 11.6 Å². The van der Waals surface area contributed by atoms with E-state index in [4.69, 9.17) is 25.8 Å². The first-order chi connectivity index (χ1) is 15.4. The Bertz CT molecular complexity index is 1150. The molecule has 3 heterocycles. The third-order valence-corrected chi connectivity index (χ3v) is 5.37. The van der Waals surface area contributed by atoms with Gasteiger partial charge in [-0.25, -0.2) is 23.5 Å². The Balaban J connectivity index is 1.85. The second-order valence-corrected chi connectivity index (χ2v) is 7.52. The maximum absolute atomic E-state index is 13.9. The molecule has 1 fully saturated rings. The van der Waals surface area contributed by atoms with Gasteiger partial charge in [-0.3, -0.25) is 4.57 Å². The van der Waals surface area contributed by atoms with Crippen molar-refractivity contribution in [2.75, 3.05) is 26.1 Å². The van der Waals surface area contributed by atoms with Crippen LogP contribution in [0.4, 0.5) is 20.2 Å². The van der Waals surface area contributed by atoms with Gasteiger partial charge in [0.05, 0.1) is 25.6 Å². The van der Waals surface area contributed by atoms with Gasteiger partial charge in [0.25, 0.3) is 6.43 Å². The van der Waals surface area contributed by atoms with Gasteiger partial charge < -0.3 is 19.5 Å². The molecule has 3 aromatic rings. The summed E-state index contributed by atoms with van der Waals surface area (Å²) >= 11 is 6.24. The van der Waals surface area contributed by atoms with E-state index in [2.05, 4.69) is 15.3 Å². The van der Waals surface area contributed by atoms with Gasteiger partial charge in [-0.2, -0.15) is 0 Å². The minimum absolute atomic E-state index is 0.0841. The van der Waals surface area contributed by atoms with E-state index >= 15 is 0 Å². The number of carbonyl (C=O) groups is 1. The number of nitrogens with one attached hydrogen (secondary N) is 1. The number of hydrogen-bond acceptors (Lipinski definition) is 7. The van der Waals surface area contributed by atoms with Crippen LogP contribution in [0, 0.1) is 0 Å². The maximum Gasteiger partial charge on any atom is 0.341 e. The largest absolute Gasteiger partial charge is 0.494 e. The molecule has 1 aromatic carbocycles. The van der Waals surface area contributed by atoms with Crippen molar-refractivity contribution < 1.29 is 27.8 Å². The number of carbonyl (C=O) groups excluding carboxylic acids is 1. The average Bonchev–Trinajstić information content (AvgIpc) is 3.18. The van der Waals surface area contributed by atoms with Crippen molar-refractivity contribution >= 4 is 40.1 Å². The Hall–Kier alpha value is -2.98. The predicted molar refractivity (Wildman–Crippen MR) is 114 cm³/mol. The highest BCUT2D eigenvalue weighted by Crippen LogP contribution is 2.38. The lowest BCUT2D eigenvalue weighted by molar-refractivity contribution is -0.0363. The monoisotopic (exact) mass is 466 g/mol. The van der Waals surface area contributed by atoms with Gasteiger partial charge >= 0.3 is 5.97 Å². The van der Waals surface area contributed by atoms with Crippen molar-refractivity contribution in [2.24, 2.45) is 0 Å². The van der Waals surface area contributed by atoms with E-state index in [1.54, 1.807) is 18.2 Å². The number of fused-ring (bicyclic) bond motifs is 1. The molecule has 0 saturated carbocycles. The molecule has 4 rings (SSSR count). The molecule has 170 valence electrons. The number of anilines is 2. The molecule has 1 atom stereocenters. The van der Waals surface area contributed by atoms with Gasteiger partial charge in [0.2, 0.25) is 0 Å². The Kier molecular flexibility index (Phi) is 6.43. The topological polar surface area (TPSA) is 87.5 Å². The van der Waals surface area contributed by atoms with Crippen molar-refractivity contribution in [3.05, 3.63) is 40.8 Å². The standard InChI is InChI=1S/C21H21ClF2N4O4/c1-30-17-11(21(29)31-2)6-5-7-12(17)25-13-10-14(22)26-19-16(13)27-20(18(23)24)28(19)15-8-3-4-9-32-15/h5-7,10,15,18H,3-4,8-9H2,1-2H3,(H,25,26). The molecule has 0 spiro atoms. The number of methoxy groups -OCH3 is 2. The highest BCUT2D eigenvalue weighted by Gasteiger charge is 2.29. The van der Waals surface area contributed by atoms with Crippen LogP contribution in [-0.2, 0) is 9.47 Å². The van der Waals surface area contributed by atoms with Crippen molar-refractivity contribution in [1.82, 2.24) is 14.5 Å². The van der Waals surface area contributed by atoms with Crippen LogP contribution in [0.15, 0.2) is 24.3 Å². The maximum atomic E-state index is 13.9. The molecule has 1 saturated heterocycles. The van der Waals surface area contributed by atoms with E-state index in [0.717, 1.165) is 12.8 Å². The zero-order valence-corrected chi connectivity index (χ0v) is 18.2. The first-order valence-electron chi connectivity index (χ1n) is 9.95. The second-order valence-electron chi connectivity index (χ2n) is 7.13. The third kappa shape index (κ3) is 4.07. The SMILES string of the molecule is COC(=O)c1cccc(Nc2cc(Cl)nc3c2nc(C(F)F)n3C2CCCCO2)c1OC. The van der Waals surface area contributed by atoms with Crippen molar-refractivity contribution in [3.8, 4) is 5.75 Å². The predicted octanol–water partition coefficient (Wildman–Crippen LogP) is 5.26. The normalized spacial score (nSPS) is 16.4. The summed E-state index contributed by atoms with van der Waals surface area (Å²) in [5.41, 5.74) is 1.32. The Morgan fingerprint density at radius 3 is 2.75 bits per heavy atom. The number of para-hydroxylation sites is 1. The minimum atomic E-state index is -2.83. The number of benzene rings is 1. The molecule has 0 radical (unpaired) electrons. The minimum Gasteiger partial charge on any atom is -0.494 e. The summed E-state index contributed by atoms with van der Waals surface area (Å²) in [6.07, 6.45) is -1.16. The van der Waals surface area contributed by atoms with Gasteiger partial charge in [-0.1, -0.05) is 17.7 Å². The fourth-order valence-corrected chi connectivity index (χ4v) is 3.97. The van der Waals surface area contributed by atoms with Crippen LogP contribution in [-0.4, -0.2) is 41.3 Å².